The van der Waals surface area contributed by atoms with E-state index in [2.05, 4.69) is 47.4 Å². The van der Waals surface area contributed by atoms with Crippen LogP contribution in [0.15, 0.2) is 29.3 Å². The van der Waals surface area contributed by atoms with E-state index in [1.807, 2.05) is 20.8 Å². The van der Waals surface area contributed by atoms with Gasteiger partial charge in [-0.3, -0.25) is 29.0 Å². The summed E-state index contributed by atoms with van der Waals surface area (Å²) in [5.74, 6) is -7.38. The van der Waals surface area contributed by atoms with Gasteiger partial charge in [-0.15, -0.1) is 0 Å². The summed E-state index contributed by atoms with van der Waals surface area (Å²) in [6.45, 7) is 12.0. The van der Waals surface area contributed by atoms with Gasteiger partial charge in [0.1, 0.15) is 41.9 Å². The monoisotopic (exact) mass is 930 g/mol. The number of carboxylic acid groups (broad SMARTS) is 2. The van der Waals surface area contributed by atoms with Crippen molar-refractivity contribution in [3.05, 3.63) is 29.8 Å². The number of carbonyl (C=O) groups excluding carboxylic acids is 6. The van der Waals surface area contributed by atoms with Crippen LogP contribution in [-0.4, -0.2) is 144 Å². The lowest BCUT2D eigenvalue weighted by Gasteiger charge is -2.33. The number of nitrogens with one attached hydrogen (secondary N) is 4. The molecule has 1 aromatic carbocycles. The fraction of sp³-hybridized carbons (Fsp3) is 0.674. The fourth-order valence-electron chi connectivity index (χ4n) is 6.79. The first-order chi connectivity index (χ1) is 29.8. The number of carboxylic acids is 2. The highest BCUT2D eigenvalue weighted by atomic mass is 19.4. The van der Waals surface area contributed by atoms with Crippen molar-refractivity contribution in [1.29, 1.82) is 0 Å². The number of phenols is 1. The van der Waals surface area contributed by atoms with Crippen LogP contribution in [0, 0.1) is 17.3 Å². The smallest absolute Gasteiger partial charge is 0.430 e. The lowest BCUT2D eigenvalue weighted by Crippen LogP contribution is -2.61. The molecule has 0 spiro atoms. The van der Waals surface area contributed by atoms with E-state index in [9.17, 15) is 52.2 Å². The Morgan fingerprint density at radius 2 is 1.43 bits per heavy atom. The maximum atomic E-state index is 14.2. The maximum Gasteiger partial charge on any atom is 0.430 e. The number of likely N-dealkylation sites (tertiary alicyclic amines) is 1. The molecule has 0 aliphatic carbocycles. The van der Waals surface area contributed by atoms with Crippen LogP contribution in [0.4, 0.5) is 13.2 Å². The number of rotatable bonds is 22. The molecule has 0 bridgehead atoms. The Bertz CT molecular complexity index is 1790. The Hall–Kier alpha value is -5.67. The van der Waals surface area contributed by atoms with Crippen molar-refractivity contribution in [2.75, 3.05) is 40.8 Å². The van der Waals surface area contributed by atoms with Gasteiger partial charge in [-0.1, -0.05) is 53.7 Å². The van der Waals surface area contributed by atoms with E-state index in [0.717, 1.165) is 17.4 Å². The van der Waals surface area contributed by atoms with Gasteiger partial charge in [-0.2, -0.15) is 13.2 Å². The molecule has 368 valence electrons. The zero-order chi connectivity index (χ0) is 50.0. The average molecular weight is 930 g/mol. The number of carbonyl (C=O) groups is 7. The summed E-state index contributed by atoms with van der Waals surface area (Å²) in [6, 6.07) is 0.580. The number of nitrogens with two attached hydrogens (primary N) is 2. The van der Waals surface area contributed by atoms with Crippen LogP contribution in [0.3, 0.4) is 0 Å². The van der Waals surface area contributed by atoms with E-state index in [1.165, 1.54) is 17.0 Å². The van der Waals surface area contributed by atoms with Gasteiger partial charge in [0, 0.05) is 25.4 Å². The van der Waals surface area contributed by atoms with Gasteiger partial charge < -0.3 is 62.2 Å². The molecule has 6 atom stereocenters. The van der Waals surface area contributed by atoms with Gasteiger partial charge in [-0.05, 0) is 74.0 Å². The topological polar surface area (TPSA) is 299 Å². The molecule has 0 saturated carbocycles. The molecular weight excluding hydrogens is 860 g/mol. The van der Waals surface area contributed by atoms with Crippen molar-refractivity contribution in [3.63, 3.8) is 0 Å². The number of aliphatic carboxylic acids is 2. The minimum absolute atomic E-state index is 0.00578. The quantitative estimate of drug-likeness (QED) is 0.0342. The summed E-state index contributed by atoms with van der Waals surface area (Å²) in [7, 11) is 6.24. The van der Waals surface area contributed by atoms with Crippen LogP contribution in [0.5, 0.6) is 5.75 Å². The molecule has 0 unspecified atom stereocenters. The van der Waals surface area contributed by atoms with Gasteiger partial charge >= 0.3 is 12.1 Å². The molecule has 0 radical (unpaired) electrons. The number of benzene rings is 1. The second kappa shape index (κ2) is 25.7. The molecule has 10 N–H and O–H groups in total. The molecule has 1 aliphatic rings. The molecule has 1 heterocycles. The summed E-state index contributed by atoms with van der Waals surface area (Å²) in [5, 5.41) is 39.5. The highest BCUT2D eigenvalue weighted by Crippen LogP contribution is 2.23. The average Bonchev–Trinajstić information content (AvgIpc) is 3.67. The number of halogens is 3. The molecule has 1 fully saturated rings. The number of aliphatic imine (C=N–C) groups is 1. The number of aromatic hydroxyl groups is 1. The first kappa shape index (κ1) is 57.3. The first-order valence-corrected chi connectivity index (χ1v) is 21.5. The Morgan fingerprint density at radius 3 is 1.92 bits per heavy atom. The minimum atomic E-state index is -5.19. The summed E-state index contributed by atoms with van der Waals surface area (Å²) in [5.41, 5.74) is 10.7. The Balaban J connectivity index is 0.00000277. The molecule has 1 aliphatic heterocycles. The van der Waals surface area contributed by atoms with Gasteiger partial charge in [0.25, 0.3) is 0 Å². The van der Waals surface area contributed by atoms with E-state index in [1.54, 1.807) is 32.9 Å². The summed E-state index contributed by atoms with van der Waals surface area (Å²) in [6.07, 6.45) is -2.18. The molecule has 65 heavy (non-hydrogen) atoms. The SMILES string of the molecule is CC(C)C[C@H](NC(=O)[C@@H](NC(=O)[C@H](Cc1ccc(O)cc1)NC(=O)[C@@H]1CCCN1C(=O)[C@H](CCCN=C(N)N)NC(=O)[C@@H](C)CCC[N+](C)(C)C)C(C)(C)C)C(=O)O.O=C([O-])C(F)(F)F. The lowest BCUT2D eigenvalue weighted by atomic mass is 9.85. The van der Waals surface area contributed by atoms with Gasteiger partial charge in [0.15, 0.2) is 5.96 Å². The number of phenolic OH excluding ortho intramolecular Hbond substituents is 1. The van der Waals surface area contributed by atoms with E-state index in [4.69, 9.17) is 21.4 Å². The van der Waals surface area contributed by atoms with Crippen LogP contribution < -0.4 is 37.8 Å². The van der Waals surface area contributed by atoms with Crippen LogP contribution in [0.1, 0.15) is 92.1 Å². The highest BCUT2D eigenvalue weighted by molar-refractivity contribution is 5.96. The number of hydrogen-bond donors (Lipinski definition) is 8. The molecule has 1 saturated heterocycles. The van der Waals surface area contributed by atoms with Gasteiger partial charge in [0.2, 0.25) is 29.5 Å². The number of nitrogens with zero attached hydrogens (tertiary/aromatic N) is 3. The van der Waals surface area contributed by atoms with Crippen molar-refractivity contribution in [3.8, 4) is 5.75 Å². The highest BCUT2D eigenvalue weighted by Gasteiger charge is 2.41. The molecule has 19 nitrogen and oxygen atoms in total. The first-order valence-electron chi connectivity index (χ1n) is 21.5. The molecule has 0 aromatic heterocycles. The zero-order valence-electron chi connectivity index (χ0n) is 38.9. The van der Waals surface area contributed by atoms with Gasteiger partial charge in [-0.25, -0.2) is 4.79 Å². The lowest BCUT2D eigenvalue weighted by molar-refractivity contribution is -0.870. The van der Waals surface area contributed by atoms with Crippen LogP contribution in [0.25, 0.3) is 0 Å². The van der Waals surface area contributed by atoms with Gasteiger partial charge in [0.05, 0.1) is 27.7 Å². The van der Waals surface area contributed by atoms with Crippen LogP contribution in [-0.2, 0) is 40.0 Å². The minimum Gasteiger partial charge on any atom is -0.542 e. The second-order valence-electron chi connectivity index (χ2n) is 18.8. The zero-order valence-corrected chi connectivity index (χ0v) is 38.9. The molecular formula is C43H70F3N9O10. The van der Waals surface area contributed by atoms with Crippen molar-refractivity contribution >= 4 is 47.4 Å². The number of guanidine groups is 1. The summed E-state index contributed by atoms with van der Waals surface area (Å²) in [4.78, 5) is 95.7. The summed E-state index contributed by atoms with van der Waals surface area (Å²) < 4.78 is 32.3. The van der Waals surface area contributed by atoms with Crippen molar-refractivity contribution in [2.24, 2.45) is 33.7 Å². The third-order valence-corrected chi connectivity index (χ3v) is 10.3. The van der Waals surface area contributed by atoms with E-state index < -0.39 is 77.4 Å². The Morgan fingerprint density at radius 1 is 0.862 bits per heavy atom. The standard InChI is InChI=1S/C41H69N9O8.C2HF3O2/c1-25(2)23-31(39(57)58)47-37(55)33(41(4,5)6)48-35(53)30(24-27-16-18-28(51)19-17-27)46-36(54)32-15-11-21-49(32)38(56)29(14-10-20-44-40(42)43)45-34(52)26(3)13-12-22-50(7,8)9;3-2(4,5)1(6)7/h16-19,25-26,29-33H,10-15,20-24H2,1-9H3,(H9-,42,43,44,45,46,47,48,51,52,53,54,55,57,58);(H,6,7)/t26-,29-,30-,31-,32-,33+;/m0./s1. The maximum absolute atomic E-state index is 14.2. The molecule has 5 amide bonds. The number of quaternary nitrogens is 1. The number of amides is 5. The Labute approximate surface area is 378 Å². The third-order valence-electron chi connectivity index (χ3n) is 10.3. The summed E-state index contributed by atoms with van der Waals surface area (Å²) >= 11 is 0. The van der Waals surface area contributed by atoms with Crippen LogP contribution >= 0.6 is 0 Å². The fourth-order valence-corrected chi connectivity index (χ4v) is 6.79. The van der Waals surface area contributed by atoms with Crippen molar-refractivity contribution in [2.45, 2.75) is 129 Å². The normalized spacial score (nSPS) is 16.4. The second-order valence-corrected chi connectivity index (χ2v) is 18.8. The Kier molecular flexibility index (Phi) is 22.7. The molecule has 1 aromatic rings. The van der Waals surface area contributed by atoms with E-state index >= 15 is 0 Å². The predicted molar refractivity (Wildman–Crippen MR) is 233 cm³/mol. The third kappa shape index (κ3) is 21.7. The van der Waals surface area contributed by atoms with E-state index in [-0.39, 0.29) is 61.8 Å². The largest absolute Gasteiger partial charge is 0.542 e. The number of hydrogen-bond acceptors (Lipinski definition) is 10. The van der Waals surface area contributed by atoms with Crippen LogP contribution in [0.2, 0.25) is 0 Å². The molecule has 22 heteroatoms. The van der Waals surface area contributed by atoms with E-state index in [0.29, 0.717) is 31.2 Å². The number of alkyl halides is 3. The van der Waals surface area contributed by atoms with Crippen molar-refractivity contribution < 1.29 is 66.5 Å². The van der Waals surface area contributed by atoms with Crippen molar-refractivity contribution in [1.82, 2.24) is 26.2 Å². The molecule has 2 rings (SSSR count). The predicted octanol–water partition coefficient (Wildman–Crippen LogP) is 0.516.